The lowest BCUT2D eigenvalue weighted by Gasteiger charge is -2.18. The van der Waals surface area contributed by atoms with Crippen LogP contribution >= 0.6 is 0 Å². The van der Waals surface area contributed by atoms with Crippen LogP contribution in [0.2, 0.25) is 0 Å². The summed E-state index contributed by atoms with van der Waals surface area (Å²) in [6.07, 6.45) is 0.400. The topological polar surface area (TPSA) is 55.4 Å². The van der Waals surface area contributed by atoms with E-state index >= 15 is 0 Å². The monoisotopic (exact) mass is 283 g/mol. The van der Waals surface area contributed by atoms with E-state index in [4.69, 9.17) is 4.74 Å². The molecule has 4 nitrogen and oxygen atoms in total. The second kappa shape index (κ2) is 5.51. The van der Waals surface area contributed by atoms with E-state index in [2.05, 4.69) is 17.4 Å². The molecule has 19 heavy (non-hydrogen) atoms. The Bertz CT molecular complexity index is 543. The minimum absolute atomic E-state index is 0.143. The van der Waals surface area contributed by atoms with Crippen molar-refractivity contribution < 1.29 is 13.2 Å². The highest BCUT2D eigenvalue weighted by atomic mass is 32.2. The minimum Gasteiger partial charge on any atom is -0.489 e. The van der Waals surface area contributed by atoms with Gasteiger partial charge >= 0.3 is 0 Å². The summed E-state index contributed by atoms with van der Waals surface area (Å²) in [5, 5.41) is 3.12. The summed E-state index contributed by atoms with van der Waals surface area (Å²) in [4.78, 5) is 0. The van der Waals surface area contributed by atoms with Gasteiger partial charge in [-0.2, -0.15) is 0 Å². The fourth-order valence-electron chi connectivity index (χ4n) is 2.55. The third kappa shape index (κ3) is 3.48. The maximum atomic E-state index is 11.5. The average Bonchev–Trinajstić information content (AvgIpc) is 2.64. The molecule has 1 aliphatic rings. The first kappa shape index (κ1) is 14.3. The van der Waals surface area contributed by atoms with Crippen molar-refractivity contribution in [1.82, 2.24) is 5.32 Å². The van der Waals surface area contributed by atoms with Crippen LogP contribution < -0.4 is 10.1 Å². The van der Waals surface area contributed by atoms with E-state index in [-0.39, 0.29) is 17.6 Å². The molecule has 0 aromatic heterocycles. The van der Waals surface area contributed by atoms with Crippen LogP contribution in [0.3, 0.4) is 0 Å². The smallest absolute Gasteiger partial charge is 0.154 e. The van der Waals surface area contributed by atoms with Gasteiger partial charge < -0.3 is 10.1 Å². The maximum Gasteiger partial charge on any atom is 0.154 e. The largest absolute Gasteiger partial charge is 0.489 e. The van der Waals surface area contributed by atoms with Gasteiger partial charge in [-0.25, -0.2) is 8.42 Å². The molecule has 0 bridgehead atoms. The summed E-state index contributed by atoms with van der Waals surface area (Å²) in [5.41, 5.74) is 3.34. The molecule has 1 heterocycles. The Labute approximate surface area is 115 Å². The van der Waals surface area contributed by atoms with Crippen molar-refractivity contribution >= 4 is 9.84 Å². The van der Waals surface area contributed by atoms with E-state index < -0.39 is 9.84 Å². The van der Waals surface area contributed by atoms with E-state index in [1.165, 1.54) is 5.56 Å². The van der Waals surface area contributed by atoms with Crippen molar-refractivity contribution in [3.63, 3.8) is 0 Å². The summed E-state index contributed by atoms with van der Waals surface area (Å²) in [6, 6.07) is 4.17. The second-order valence-corrected chi connectivity index (χ2v) is 7.46. The van der Waals surface area contributed by atoms with Crippen LogP contribution in [0, 0.1) is 13.8 Å². The molecule has 0 amide bonds. The van der Waals surface area contributed by atoms with Gasteiger partial charge in [-0.1, -0.05) is 12.1 Å². The SMILES string of the molecule is CNCc1cc(C)c(OC2CCS(=O)(=O)C2)c(C)c1. The van der Waals surface area contributed by atoms with E-state index in [1.54, 1.807) is 0 Å². The van der Waals surface area contributed by atoms with E-state index in [0.29, 0.717) is 6.42 Å². The fraction of sp³-hybridized carbons (Fsp3) is 0.571. The summed E-state index contributed by atoms with van der Waals surface area (Å²) < 4.78 is 28.8. The normalized spacial score (nSPS) is 21.5. The highest BCUT2D eigenvalue weighted by Crippen LogP contribution is 2.28. The Morgan fingerprint density at radius 2 is 1.95 bits per heavy atom. The molecule has 2 rings (SSSR count). The van der Waals surface area contributed by atoms with Crippen molar-refractivity contribution in [3.05, 3.63) is 28.8 Å². The Balaban J connectivity index is 2.17. The number of rotatable bonds is 4. The third-order valence-electron chi connectivity index (χ3n) is 3.38. The Hall–Kier alpha value is -1.07. The molecule has 0 aliphatic carbocycles. The van der Waals surface area contributed by atoms with Gasteiger partial charge in [0.15, 0.2) is 9.84 Å². The highest BCUT2D eigenvalue weighted by molar-refractivity contribution is 7.91. The van der Waals surface area contributed by atoms with Crippen LogP contribution in [0.4, 0.5) is 0 Å². The van der Waals surface area contributed by atoms with Crippen molar-refractivity contribution in [1.29, 1.82) is 0 Å². The maximum absolute atomic E-state index is 11.5. The molecule has 1 aromatic rings. The number of aryl methyl sites for hydroxylation is 2. The molecule has 0 saturated carbocycles. The molecule has 0 radical (unpaired) electrons. The molecule has 1 atom stereocenters. The van der Waals surface area contributed by atoms with Crippen molar-refractivity contribution in [2.24, 2.45) is 0 Å². The average molecular weight is 283 g/mol. The molecule has 106 valence electrons. The minimum atomic E-state index is -2.89. The van der Waals surface area contributed by atoms with Crippen molar-refractivity contribution in [2.45, 2.75) is 32.9 Å². The summed E-state index contributed by atoms with van der Waals surface area (Å²) in [5.74, 6) is 1.22. The third-order valence-corrected chi connectivity index (χ3v) is 5.11. The number of hydrogen-bond acceptors (Lipinski definition) is 4. The first-order valence-electron chi connectivity index (χ1n) is 6.53. The molecular formula is C14H21NO3S. The molecule has 1 fully saturated rings. The second-order valence-electron chi connectivity index (χ2n) is 5.23. The zero-order valence-electron chi connectivity index (χ0n) is 11.7. The Morgan fingerprint density at radius 1 is 1.32 bits per heavy atom. The molecule has 1 aromatic carbocycles. The number of nitrogens with one attached hydrogen (secondary N) is 1. The van der Waals surface area contributed by atoms with E-state index in [0.717, 1.165) is 23.4 Å². The van der Waals surface area contributed by atoms with Crippen LogP contribution in [-0.4, -0.2) is 33.1 Å². The quantitative estimate of drug-likeness (QED) is 0.911. The lowest BCUT2D eigenvalue weighted by Crippen LogP contribution is -2.19. The van der Waals surface area contributed by atoms with Crippen molar-refractivity contribution in [2.75, 3.05) is 18.6 Å². The van der Waals surface area contributed by atoms with Gasteiger partial charge in [-0.3, -0.25) is 0 Å². The summed E-state index contributed by atoms with van der Waals surface area (Å²) in [6.45, 7) is 4.83. The lowest BCUT2D eigenvalue weighted by molar-refractivity contribution is 0.226. The van der Waals surface area contributed by atoms with Crippen molar-refractivity contribution in [3.8, 4) is 5.75 Å². The number of benzene rings is 1. The van der Waals surface area contributed by atoms with Gasteiger partial charge in [0.1, 0.15) is 11.9 Å². The Kier molecular flexibility index (Phi) is 4.16. The first-order chi connectivity index (χ1) is 8.91. The molecule has 1 N–H and O–H groups in total. The van der Waals surface area contributed by atoms with Crippen LogP contribution in [-0.2, 0) is 16.4 Å². The van der Waals surface area contributed by atoms with E-state index in [9.17, 15) is 8.42 Å². The molecule has 1 unspecified atom stereocenters. The number of sulfone groups is 1. The molecule has 1 saturated heterocycles. The zero-order chi connectivity index (χ0) is 14.0. The van der Waals surface area contributed by atoms with Gasteiger partial charge in [0.2, 0.25) is 0 Å². The molecule has 0 spiro atoms. The zero-order valence-corrected chi connectivity index (χ0v) is 12.5. The molecular weight excluding hydrogens is 262 g/mol. The highest BCUT2D eigenvalue weighted by Gasteiger charge is 2.30. The molecule has 1 aliphatic heterocycles. The predicted octanol–water partition coefficient (Wildman–Crippen LogP) is 1.59. The number of ether oxygens (including phenoxy) is 1. The van der Waals surface area contributed by atoms with Crippen LogP contribution in [0.25, 0.3) is 0 Å². The molecule has 5 heteroatoms. The first-order valence-corrected chi connectivity index (χ1v) is 8.35. The van der Waals surface area contributed by atoms with Crippen LogP contribution in [0.5, 0.6) is 5.75 Å². The number of hydrogen-bond donors (Lipinski definition) is 1. The fourth-order valence-corrected chi connectivity index (χ4v) is 4.14. The summed E-state index contributed by atoms with van der Waals surface area (Å²) in [7, 11) is -0.978. The lowest BCUT2D eigenvalue weighted by atomic mass is 10.1. The van der Waals surface area contributed by atoms with Crippen LogP contribution in [0.15, 0.2) is 12.1 Å². The standard InChI is InChI=1S/C14H21NO3S/c1-10-6-12(8-15-3)7-11(2)14(10)18-13-4-5-19(16,17)9-13/h6-7,13,15H,4-5,8-9H2,1-3H3. The van der Waals surface area contributed by atoms with Gasteiger partial charge in [0, 0.05) is 6.54 Å². The van der Waals surface area contributed by atoms with Gasteiger partial charge in [0.25, 0.3) is 0 Å². The summed E-state index contributed by atoms with van der Waals surface area (Å²) >= 11 is 0. The van der Waals surface area contributed by atoms with Gasteiger partial charge in [0.05, 0.1) is 11.5 Å². The van der Waals surface area contributed by atoms with Gasteiger partial charge in [-0.05, 0) is 44.0 Å². The van der Waals surface area contributed by atoms with Gasteiger partial charge in [-0.15, -0.1) is 0 Å². The van der Waals surface area contributed by atoms with Crippen LogP contribution in [0.1, 0.15) is 23.1 Å². The Morgan fingerprint density at radius 3 is 2.42 bits per heavy atom. The van der Waals surface area contributed by atoms with E-state index in [1.807, 2.05) is 20.9 Å². The predicted molar refractivity (Wildman–Crippen MR) is 76.4 cm³/mol.